The summed E-state index contributed by atoms with van der Waals surface area (Å²) < 4.78 is 28.9. The van der Waals surface area contributed by atoms with Gasteiger partial charge in [0.15, 0.2) is 13.2 Å². The molecule has 0 saturated carbocycles. The van der Waals surface area contributed by atoms with Crippen LogP contribution in [0, 0.1) is 5.82 Å². The van der Waals surface area contributed by atoms with Gasteiger partial charge in [0.05, 0.1) is 17.7 Å². The lowest BCUT2D eigenvalue weighted by molar-refractivity contribution is -0.149. The van der Waals surface area contributed by atoms with Gasteiger partial charge in [-0.05, 0) is 58.4 Å². The van der Waals surface area contributed by atoms with E-state index in [1.54, 1.807) is 12.1 Å². The van der Waals surface area contributed by atoms with E-state index in [9.17, 15) is 14.0 Å². The van der Waals surface area contributed by atoms with Crippen LogP contribution in [0.1, 0.15) is 0 Å². The number of hydrogen-bond donors (Lipinski definition) is 1. The van der Waals surface area contributed by atoms with E-state index in [2.05, 4.69) is 26.1 Å². The first kappa shape index (κ1) is 21.1. The third kappa shape index (κ3) is 6.43. The summed E-state index contributed by atoms with van der Waals surface area (Å²) in [5.74, 6) is -1.30. The van der Waals surface area contributed by atoms with Crippen molar-refractivity contribution in [1.29, 1.82) is 0 Å². The highest BCUT2D eigenvalue weighted by Crippen LogP contribution is 2.25. The molecule has 0 aliphatic carbocycles. The highest BCUT2D eigenvalue weighted by molar-refractivity contribution is 9.10. The maximum Gasteiger partial charge on any atom is 0.344 e. The predicted octanol–water partition coefficient (Wildman–Crippen LogP) is 2.99. The highest BCUT2D eigenvalue weighted by Gasteiger charge is 2.13. The molecule has 2 aromatic carbocycles. The second kappa shape index (κ2) is 10.2. The summed E-state index contributed by atoms with van der Waals surface area (Å²) in [6.45, 7) is 2.23. The Hall–Kier alpha value is -2.65. The van der Waals surface area contributed by atoms with Gasteiger partial charge in [-0.25, -0.2) is 9.18 Å². The Labute approximate surface area is 175 Å². The molecule has 154 valence electrons. The minimum absolute atomic E-state index is 0.299. The highest BCUT2D eigenvalue weighted by atomic mass is 79.9. The number of rotatable bonds is 7. The van der Waals surface area contributed by atoms with Crippen LogP contribution >= 0.6 is 15.9 Å². The van der Waals surface area contributed by atoms with Crippen molar-refractivity contribution in [2.45, 2.75) is 0 Å². The summed E-state index contributed by atoms with van der Waals surface area (Å²) >= 11 is 3.14. The smallest absolute Gasteiger partial charge is 0.344 e. The number of benzene rings is 2. The first-order valence-electron chi connectivity index (χ1n) is 8.97. The molecule has 1 aliphatic rings. The molecule has 9 heteroatoms. The third-order valence-corrected chi connectivity index (χ3v) is 4.75. The molecule has 0 radical (unpaired) electrons. The Morgan fingerprint density at radius 3 is 2.52 bits per heavy atom. The number of amides is 1. The Kier molecular flexibility index (Phi) is 7.42. The predicted molar refractivity (Wildman–Crippen MR) is 109 cm³/mol. The van der Waals surface area contributed by atoms with Crippen LogP contribution < -0.4 is 15.0 Å². The number of ether oxygens (including phenoxy) is 3. The molecule has 3 rings (SSSR count). The van der Waals surface area contributed by atoms with Gasteiger partial charge in [-0.15, -0.1) is 0 Å². The minimum Gasteiger partial charge on any atom is -0.481 e. The van der Waals surface area contributed by atoms with Crippen LogP contribution in [0.15, 0.2) is 46.9 Å². The van der Waals surface area contributed by atoms with Gasteiger partial charge in [-0.1, -0.05) is 0 Å². The maximum absolute atomic E-state index is 13.0. The van der Waals surface area contributed by atoms with Gasteiger partial charge in [0.2, 0.25) is 0 Å². The number of morpholine rings is 1. The molecule has 0 bridgehead atoms. The molecule has 0 atom stereocenters. The van der Waals surface area contributed by atoms with Gasteiger partial charge in [0.1, 0.15) is 11.6 Å². The van der Waals surface area contributed by atoms with Gasteiger partial charge in [-0.2, -0.15) is 0 Å². The van der Waals surface area contributed by atoms with E-state index in [1.807, 2.05) is 12.1 Å². The number of nitrogens with one attached hydrogen (secondary N) is 1. The van der Waals surface area contributed by atoms with Crippen molar-refractivity contribution in [1.82, 2.24) is 0 Å². The van der Waals surface area contributed by atoms with Crippen molar-refractivity contribution in [2.75, 3.05) is 49.7 Å². The van der Waals surface area contributed by atoms with Crippen molar-refractivity contribution in [3.63, 3.8) is 0 Å². The fraction of sp³-hybridized carbons (Fsp3) is 0.300. The van der Waals surface area contributed by atoms with Crippen molar-refractivity contribution < 1.29 is 28.2 Å². The molecule has 2 aromatic rings. The van der Waals surface area contributed by atoms with Crippen molar-refractivity contribution in [2.24, 2.45) is 0 Å². The molecule has 1 N–H and O–H groups in total. The van der Waals surface area contributed by atoms with Gasteiger partial charge < -0.3 is 24.4 Å². The molecule has 0 aromatic heterocycles. The van der Waals surface area contributed by atoms with E-state index in [-0.39, 0.29) is 0 Å². The summed E-state index contributed by atoms with van der Waals surface area (Å²) in [7, 11) is 0. The first-order chi connectivity index (χ1) is 14.0. The zero-order valence-electron chi connectivity index (χ0n) is 15.5. The molecule has 1 aliphatic heterocycles. The Morgan fingerprint density at radius 1 is 1.10 bits per heavy atom. The van der Waals surface area contributed by atoms with E-state index >= 15 is 0 Å². The number of halogens is 2. The molecule has 0 spiro atoms. The SMILES string of the molecule is O=C(COC(=O)COc1ccc(F)cc1Br)Nc1ccc(N2CCOCC2)cc1. The number of esters is 1. The normalized spacial score (nSPS) is 13.7. The standard InChI is InChI=1S/C20H20BrFN2O5/c21-17-11-14(22)1-6-18(17)28-13-20(26)29-12-19(25)23-15-2-4-16(5-3-15)24-7-9-27-10-8-24/h1-6,11H,7-10,12-13H2,(H,23,25). The van der Waals surface area contributed by atoms with Gasteiger partial charge in [0, 0.05) is 24.5 Å². The number of carbonyl (C=O) groups excluding carboxylic acids is 2. The minimum atomic E-state index is -0.709. The monoisotopic (exact) mass is 466 g/mol. The summed E-state index contributed by atoms with van der Waals surface area (Å²) in [6.07, 6.45) is 0. The van der Waals surface area contributed by atoms with Crippen LogP contribution in [-0.4, -0.2) is 51.4 Å². The Morgan fingerprint density at radius 2 is 1.83 bits per heavy atom. The quantitative estimate of drug-likeness (QED) is 0.632. The van der Waals surface area contributed by atoms with E-state index in [0.29, 0.717) is 29.1 Å². The van der Waals surface area contributed by atoms with Crippen molar-refractivity contribution in [3.8, 4) is 5.75 Å². The number of carbonyl (C=O) groups is 2. The molecule has 0 unspecified atom stereocenters. The average molecular weight is 467 g/mol. The molecule has 1 amide bonds. The van der Waals surface area contributed by atoms with E-state index < -0.39 is 30.9 Å². The lowest BCUT2D eigenvalue weighted by Crippen LogP contribution is -2.36. The second-order valence-electron chi connectivity index (χ2n) is 6.22. The largest absolute Gasteiger partial charge is 0.481 e. The Balaban J connectivity index is 1.40. The summed E-state index contributed by atoms with van der Waals surface area (Å²) in [5, 5.41) is 2.67. The number of anilines is 2. The summed E-state index contributed by atoms with van der Waals surface area (Å²) in [4.78, 5) is 25.9. The molecule has 1 heterocycles. The zero-order chi connectivity index (χ0) is 20.6. The van der Waals surface area contributed by atoms with Crippen LogP contribution in [0.5, 0.6) is 5.75 Å². The van der Waals surface area contributed by atoms with E-state index in [0.717, 1.165) is 18.8 Å². The lowest BCUT2D eigenvalue weighted by Gasteiger charge is -2.28. The molecule has 1 fully saturated rings. The molecule has 29 heavy (non-hydrogen) atoms. The second-order valence-corrected chi connectivity index (χ2v) is 7.07. The lowest BCUT2D eigenvalue weighted by atomic mass is 10.2. The topological polar surface area (TPSA) is 77.1 Å². The van der Waals surface area contributed by atoms with Crippen molar-refractivity contribution >= 4 is 39.2 Å². The first-order valence-corrected chi connectivity index (χ1v) is 9.76. The van der Waals surface area contributed by atoms with Crippen LogP contribution in [0.3, 0.4) is 0 Å². The van der Waals surface area contributed by atoms with Gasteiger partial charge >= 0.3 is 5.97 Å². The van der Waals surface area contributed by atoms with Crippen LogP contribution in [0.4, 0.5) is 15.8 Å². The van der Waals surface area contributed by atoms with Crippen LogP contribution in [0.2, 0.25) is 0 Å². The number of nitrogens with zero attached hydrogens (tertiary/aromatic N) is 1. The summed E-state index contributed by atoms with van der Waals surface area (Å²) in [5.41, 5.74) is 1.66. The summed E-state index contributed by atoms with van der Waals surface area (Å²) in [6, 6.07) is 11.2. The van der Waals surface area contributed by atoms with E-state index in [4.69, 9.17) is 14.2 Å². The molecular weight excluding hydrogens is 447 g/mol. The van der Waals surface area contributed by atoms with Crippen LogP contribution in [0.25, 0.3) is 0 Å². The van der Waals surface area contributed by atoms with Crippen LogP contribution in [-0.2, 0) is 19.1 Å². The Bertz CT molecular complexity index is 856. The maximum atomic E-state index is 13.0. The average Bonchev–Trinajstić information content (AvgIpc) is 2.73. The molecule has 7 nitrogen and oxygen atoms in total. The van der Waals surface area contributed by atoms with E-state index in [1.165, 1.54) is 18.2 Å². The third-order valence-electron chi connectivity index (χ3n) is 4.13. The number of hydrogen-bond acceptors (Lipinski definition) is 6. The fourth-order valence-electron chi connectivity index (χ4n) is 2.69. The van der Waals surface area contributed by atoms with Gasteiger partial charge in [0.25, 0.3) is 5.91 Å². The fourth-order valence-corrected chi connectivity index (χ4v) is 3.16. The van der Waals surface area contributed by atoms with Crippen molar-refractivity contribution in [3.05, 3.63) is 52.8 Å². The molecule has 1 saturated heterocycles. The zero-order valence-corrected chi connectivity index (χ0v) is 17.1. The van der Waals surface area contributed by atoms with Gasteiger partial charge in [-0.3, -0.25) is 4.79 Å². The molecular formula is C20H20BrFN2O5.